The molecule has 0 aliphatic heterocycles. The highest BCUT2D eigenvalue weighted by molar-refractivity contribution is 9.10. The van der Waals surface area contributed by atoms with E-state index >= 15 is 0 Å². The molecule has 1 aromatic heterocycles. The minimum atomic E-state index is -0.937. The van der Waals surface area contributed by atoms with Crippen molar-refractivity contribution in [1.29, 1.82) is 0 Å². The maximum absolute atomic E-state index is 11.0. The maximum Gasteiger partial charge on any atom is 0.335 e. The summed E-state index contributed by atoms with van der Waals surface area (Å²) in [4.78, 5) is 17.3. The number of benzene rings is 1. The number of imidazole rings is 1. The Morgan fingerprint density at radius 1 is 1.47 bits per heavy atom. The number of halogens is 1. The quantitative estimate of drug-likeness (QED) is 0.939. The molecule has 2 rings (SSSR count). The summed E-state index contributed by atoms with van der Waals surface area (Å²) >= 11 is 3.33. The molecule has 0 saturated carbocycles. The number of carboxylic acids is 1. The van der Waals surface area contributed by atoms with Crippen molar-refractivity contribution in [2.45, 2.75) is 6.54 Å². The van der Waals surface area contributed by atoms with Crippen LogP contribution in [0, 0.1) is 0 Å². The van der Waals surface area contributed by atoms with E-state index in [1.54, 1.807) is 18.3 Å². The predicted octanol–water partition coefficient (Wildman–Crippen LogP) is 2.52. The van der Waals surface area contributed by atoms with Crippen molar-refractivity contribution >= 4 is 27.6 Å². The second kappa shape index (κ2) is 5.44. The molecule has 0 unspecified atom stereocenters. The molecule has 6 heteroatoms. The standard InChI is InChI=1S/C13H14BrN3O2/c1-16-4-3-15-12(16)8-17(2)11-6-9(13(18)19)5-10(14)7-11/h3-7H,8H2,1-2H3,(H,18,19). The van der Waals surface area contributed by atoms with Crippen LogP contribution in [-0.4, -0.2) is 27.7 Å². The van der Waals surface area contributed by atoms with Gasteiger partial charge in [-0.25, -0.2) is 9.78 Å². The van der Waals surface area contributed by atoms with E-state index in [4.69, 9.17) is 5.11 Å². The van der Waals surface area contributed by atoms with Crippen molar-refractivity contribution in [1.82, 2.24) is 9.55 Å². The van der Waals surface area contributed by atoms with E-state index in [-0.39, 0.29) is 5.56 Å². The zero-order chi connectivity index (χ0) is 14.0. The normalized spacial score (nSPS) is 10.5. The Bertz CT molecular complexity index is 610. The smallest absolute Gasteiger partial charge is 0.335 e. The number of carbonyl (C=O) groups is 1. The Balaban J connectivity index is 2.26. The molecule has 5 nitrogen and oxygen atoms in total. The molecule has 1 heterocycles. The lowest BCUT2D eigenvalue weighted by molar-refractivity contribution is 0.0697. The molecule has 0 atom stereocenters. The van der Waals surface area contributed by atoms with E-state index in [0.29, 0.717) is 6.54 Å². The van der Waals surface area contributed by atoms with E-state index in [1.807, 2.05) is 35.8 Å². The first-order chi connectivity index (χ1) is 8.97. The van der Waals surface area contributed by atoms with Gasteiger partial charge in [-0.2, -0.15) is 0 Å². The average Bonchev–Trinajstić information content (AvgIpc) is 2.74. The van der Waals surface area contributed by atoms with Crippen molar-refractivity contribution in [2.24, 2.45) is 7.05 Å². The molecule has 0 aliphatic rings. The highest BCUT2D eigenvalue weighted by atomic mass is 79.9. The van der Waals surface area contributed by atoms with Gasteiger partial charge in [0.25, 0.3) is 0 Å². The molecule has 0 fully saturated rings. The number of nitrogens with zero attached hydrogens (tertiary/aromatic N) is 3. The van der Waals surface area contributed by atoms with Gasteiger partial charge in [0.15, 0.2) is 0 Å². The van der Waals surface area contributed by atoms with Crippen LogP contribution >= 0.6 is 15.9 Å². The molecule has 1 aromatic carbocycles. The number of aromatic nitrogens is 2. The van der Waals surface area contributed by atoms with Gasteiger partial charge in [0, 0.05) is 36.6 Å². The SMILES string of the molecule is CN(Cc1nccn1C)c1cc(Br)cc(C(=O)O)c1. The first-order valence-corrected chi connectivity index (χ1v) is 6.48. The third kappa shape index (κ3) is 3.14. The van der Waals surface area contributed by atoms with Gasteiger partial charge in [-0.15, -0.1) is 0 Å². The highest BCUT2D eigenvalue weighted by Gasteiger charge is 2.10. The van der Waals surface area contributed by atoms with Crippen LogP contribution in [0.15, 0.2) is 35.1 Å². The molecule has 100 valence electrons. The number of aromatic carboxylic acids is 1. The molecular weight excluding hydrogens is 310 g/mol. The molecule has 0 bridgehead atoms. The zero-order valence-electron chi connectivity index (χ0n) is 10.7. The average molecular weight is 324 g/mol. The van der Waals surface area contributed by atoms with E-state index < -0.39 is 5.97 Å². The first-order valence-electron chi connectivity index (χ1n) is 5.68. The van der Waals surface area contributed by atoms with Crippen molar-refractivity contribution in [2.75, 3.05) is 11.9 Å². The first kappa shape index (κ1) is 13.6. The summed E-state index contributed by atoms with van der Waals surface area (Å²) in [6.07, 6.45) is 3.62. The second-order valence-corrected chi connectivity index (χ2v) is 5.23. The van der Waals surface area contributed by atoms with E-state index in [2.05, 4.69) is 20.9 Å². The molecule has 0 aliphatic carbocycles. The Morgan fingerprint density at radius 2 is 2.21 bits per heavy atom. The van der Waals surface area contributed by atoms with Crippen LogP contribution in [0.2, 0.25) is 0 Å². The summed E-state index contributed by atoms with van der Waals surface area (Å²) in [5.74, 6) is -0.0210. The van der Waals surface area contributed by atoms with Gasteiger partial charge in [0.05, 0.1) is 12.1 Å². The topological polar surface area (TPSA) is 58.4 Å². The molecule has 0 amide bonds. The number of carboxylic acid groups (broad SMARTS) is 1. The Kier molecular flexibility index (Phi) is 3.90. The van der Waals surface area contributed by atoms with Crippen LogP contribution < -0.4 is 4.90 Å². The van der Waals surface area contributed by atoms with Crippen LogP contribution in [0.4, 0.5) is 5.69 Å². The fourth-order valence-corrected chi connectivity index (χ4v) is 2.25. The molecule has 0 spiro atoms. The van der Waals surface area contributed by atoms with Gasteiger partial charge < -0.3 is 14.6 Å². The van der Waals surface area contributed by atoms with Gasteiger partial charge in [-0.1, -0.05) is 15.9 Å². The summed E-state index contributed by atoms with van der Waals surface area (Å²) in [5.41, 5.74) is 1.09. The third-order valence-electron chi connectivity index (χ3n) is 2.87. The van der Waals surface area contributed by atoms with Crippen molar-refractivity contribution in [3.05, 3.63) is 46.5 Å². The third-order valence-corrected chi connectivity index (χ3v) is 3.33. The number of anilines is 1. The minimum Gasteiger partial charge on any atom is -0.478 e. The monoisotopic (exact) mass is 323 g/mol. The summed E-state index contributed by atoms with van der Waals surface area (Å²) in [6, 6.07) is 5.12. The Morgan fingerprint density at radius 3 is 2.79 bits per heavy atom. The zero-order valence-corrected chi connectivity index (χ0v) is 12.3. The van der Waals surface area contributed by atoms with Crippen LogP contribution in [0.25, 0.3) is 0 Å². The van der Waals surface area contributed by atoms with Gasteiger partial charge >= 0.3 is 5.97 Å². The van der Waals surface area contributed by atoms with Crippen LogP contribution in [-0.2, 0) is 13.6 Å². The predicted molar refractivity (Wildman–Crippen MR) is 76.4 cm³/mol. The van der Waals surface area contributed by atoms with Crippen molar-refractivity contribution in [3.8, 4) is 0 Å². The summed E-state index contributed by atoms with van der Waals surface area (Å²) in [5, 5.41) is 9.06. The highest BCUT2D eigenvalue weighted by Crippen LogP contribution is 2.23. The Hall–Kier alpha value is -1.82. The summed E-state index contributed by atoms with van der Waals surface area (Å²) < 4.78 is 2.68. The van der Waals surface area contributed by atoms with Crippen LogP contribution in [0.1, 0.15) is 16.2 Å². The largest absolute Gasteiger partial charge is 0.478 e. The number of rotatable bonds is 4. The fraction of sp³-hybridized carbons (Fsp3) is 0.231. The molecule has 19 heavy (non-hydrogen) atoms. The lowest BCUT2D eigenvalue weighted by Crippen LogP contribution is -2.19. The van der Waals surface area contributed by atoms with E-state index in [0.717, 1.165) is 16.0 Å². The van der Waals surface area contributed by atoms with Crippen molar-refractivity contribution in [3.63, 3.8) is 0 Å². The number of hydrogen-bond acceptors (Lipinski definition) is 3. The summed E-state index contributed by atoms with van der Waals surface area (Å²) in [6.45, 7) is 0.610. The lowest BCUT2D eigenvalue weighted by atomic mass is 10.2. The fourth-order valence-electron chi connectivity index (χ4n) is 1.77. The molecule has 2 aromatic rings. The van der Waals surface area contributed by atoms with E-state index in [9.17, 15) is 4.79 Å². The van der Waals surface area contributed by atoms with Gasteiger partial charge in [0.2, 0.25) is 0 Å². The number of hydrogen-bond donors (Lipinski definition) is 1. The molecule has 0 saturated heterocycles. The summed E-state index contributed by atoms with van der Waals surface area (Å²) in [7, 11) is 3.84. The van der Waals surface area contributed by atoms with E-state index in [1.165, 1.54) is 0 Å². The minimum absolute atomic E-state index is 0.260. The maximum atomic E-state index is 11.0. The van der Waals surface area contributed by atoms with Gasteiger partial charge in [-0.3, -0.25) is 0 Å². The lowest BCUT2D eigenvalue weighted by Gasteiger charge is -2.19. The number of aryl methyl sites for hydroxylation is 1. The second-order valence-electron chi connectivity index (χ2n) is 4.31. The van der Waals surface area contributed by atoms with Gasteiger partial charge in [-0.05, 0) is 18.2 Å². The Labute approximate surface area is 119 Å². The molecule has 1 N–H and O–H groups in total. The van der Waals surface area contributed by atoms with Crippen LogP contribution in [0.3, 0.4) is 0 Å². The van der Waals surface area contributed by atoms with Gasteiger partial charge in [0.1, 0.15) is 5.82 Å². The molecule has 0 radical (unpaired) electrons. The molecular formula is C13H14BrN3O2. The van der Waals surface area contributed by atoms with Crippen LogP contribution in [0.5, 0.6) is 0 Å². The van der Waals surface area contributed by atoms with Crippen molar-refractivity contribution < 1.29 is 9.90 Å².